The van der Waals surface area contributed by atoms with Crippen molar-refractivity contribution in [3.63, 3.8) is 0 Å². The largest absolute Gasteiger partial charge is 0.497 e. The number of nitrogens with one attached hydrogen (secondary N) is 2. The molecule has 1 saturated heterocycles. The van der Waals surface area contributed by atoms with Gasteiger partial charge in [-0.05, 0) is 86.1 Å². The van der Waals surface area contributed by atoms with Gasteiger partial charge in [-0.15, -0.1) is 0 Å². The van der Waals surface area contributed by atoms with Crippen LogP contribution in [0.3, 0.4) is 0 Å². The minimum atomic E-state index is -0.342. The fourth-order valence-electron chi connectivity index (χ4n) is 7.77. The SMILES string of the molecule is COc1ccc(CCn2cnc3cc(NC(=N[C@H]4C[C@@H]5C[C@H]([C@@H]4C)C5(C)C)N4C[C@@H](C)N[C@H](C)C4)ccc3c2=O)c(F)c1. The number of aromatic nitrogens is 2. The molecule has 0 unspecified atom stereocenters. The number of halogens is 1. The summed E-state index contributed by atoms with van der Waals surface area (Å²) < 4.78 is 21.1. The number of hydrogen-bond acceptors (Lipinski definition) is 5. The van der Waals surface area contributed by atoms with Crippen molar-refractivity contribution in [2.24, 2.45) is 28.2 Å². The van der Waals surface area contributed by atoms with Crippen LogP contribution in [0, 0.1) is 29.0 Å². The van der Waals surface area contributed by atoms with Gasteiger partial charge < -0.3 is 20.3 Å². The van der Waals surface area contributed by atoms with E-state index in [1.165, 1.54) is 19.6 Å². The smallest absolute Gasteiger partial charge is 0.261 e. The first-order valence-electron chi connectivity index (χ1n) is 15.7. The normalized spacial score (nSPS) is 28.4. The Morgan fingerprint density at radius 3 is 2.58 bits per heavy atom. The maximum absolute atomic E-state index is 14.4. The summed E-state index contributed by atoms with van der Waals surface area (Å²) in [7, 11) is 1.51. The van der Waals surface area contributed by atoms with Crippen molar-refractivity contribution in [1.82, 2.24) is 19.8 Å². The number of nitrogens with zero attached hydrogens (tertiary/aromatic N) is 4. The van der Waals surface area contributed by atoms with Crippen molar-refractivity contribution in [3.05, 3.63) is 64.5 Å². The van der Waals surface area contributed by atoms with Crippen LogP contribution in [0.1, 0.15) is 53.0 Å². The van der Waals surface area contributed by atoms with E-state index in [4.69, 9.17) is 9.73 Å². The maximum atomic E-state index is 14.4. The molecule has 8 nitrogen and oxygen atoms in total. The number of ether oxygens (including phenoxy) is 1. The molecular formula is C34H45FN6O2. The number of methoxy groups -OCH3 is 1. The fraction of sp³-hybridized carbons (Fsp3) is 0.559. The highest BCUT2D eigenvalue weighted by atomic mass is 19.1. The van der Waals surface area contributed by atoms with E-state index in [1.54, 1.807) is 23.0 Å². The van der Waals surface area contributed by atoms with E-state index < -0.39 is 0 Å². The Bertz CT molecular complexity index is 1570. The van der Waals surface area contributed by atoms with E-state index in [0.29, 0.717) is 64.6 Å². The molecule has 2 heterocycles. The van der Waals surface area contributed by atoms with Crippen LogP contribution in [0.4, 0.5) is 10.1 Å². The molecule has 0 radical (unpaired) electrons. The number of anilines is 1. The zero-order chi connectivity index (χ0) is 30.5. The highest BCUT2D eigenvalue weighted by molar-refractivity contribution is 5.96. The number of hydrogen-bond donors (Lipinski definition) is 2. The molecule has 9 heteroatoms. The molecule has 6 atom stereocenters. The third-order valence-corrected chi connectivity index (χ3v) is 10.4. The van der Waals surface area contributed by atoms with Gasteiger partial charge in [0.2, 0.25) is 0 Å². The summed E-state index contributed by atoms with van der Waals surface area (Å²) in [5.74, 6) is 3.03. The Labute approximate surface area is 253 Å². The van der Waals surface area contributed by atoms with Crippen LogP contribution in [0.5, 0.6) is 5.75 Å². The predicted molar refractivity (Wildman–Crippen MR) is 170 cm³/mol. The van der Waals surface area contributed by atoms with Gasteiger partial charge in [0.1, 0.15) is 11.6 Å². The van der Waals surface area contributed by atoms with E-state index in [-0.39, 0.29) is 11.4 Å². The fourth-order valence-corrected chi connectivity index (χ4v) is 7.77. The van der Waals surface area contributed by atoms with Crippen LogP contribution in [0.2, 0.25) is 0 Å². The summed E-state index contributed by atoms with van der Waals surface area (Å²) in [5, 5.41) is 7.81. The second-order valence-electron chi connectivity index (χ2n) is 13.7. The molecule has 1 aromatic heterocycles. The third-order valence-electron chi connectivity index (χ3n) is 10.4. The summed E-state index contributed by atoms with van der Waals surface area (Å²) in [4.78, 5) is 25.7. The van der Waals surface area contributed by atoms with E-state index in [9.17, 15) is 9.18 Å². The molecule has 2 bridgehead atoms. The van der Waals surface area contributed by atoms with Crippen molar-refractivity contribution < 1.29 is 9.13 Å². The summed E-state index contributed by atoms with van der Waals surface area (Å²) in [6.07, 6.45) is 4.39. The first-order valence-corrected chi connectivity index (χ1v) is 15.7. The van der Waals surface area contributed by atoms with Crippen molar-refractivity contribution in [1.29, 1.82) is 0 Å². The van der Waals surface area contributed by atoms with Crippen LogP contribution in [0.15, 0.2) is 52.5 Å². The molecule has 2 aromatic carbocycles. The number of aliphatic imine (C=N–C) groups is 1. The summed E-state index contributed by atoms with van der Waals surface area (Å²) >= 11 is 0. The second kappa shape index (κ2) is 11.6. The summed E-state index contributed by atoms with van der Waals surface area (Å²) in [5.41, 5.74) is 2.30. The Morgan fingerprint density at radius 2 is 1.91 bits per heavy atom. The molecule has 3 saturated carbocycles. The van der Waals surface area contributed by atoms with E-state index >= 15 is 0 Å². The van der Waals surface area contributed by atoms with Crippen molar-refractivity contribution in [3.8, 4) is 5.75 Å². The zero-order valence-electron chi connectivity index (χ0n) is 26.2. The lowest BCUT2D eigenvalue weighted by atomic mass is 9.45. The van der Waals surface area contributed by atoms with Crippen LogP contribution < -0.4 is 20.9 Å². The van der Waals surface area contributed by atoms with Gasteiger partial charge in [-0.1, -0.05) is 26.8 Å². The van der Waals surface area contributed by atoms with Crippen molar-refractivity contribution in [2.75, 3.05) is 25.5 Å². The molecule has 4 fully saturated rings. The number of guanidine groups is 1. The van der Waals surface area contributed by atoms with Crippen molar-refractivity contribution in [2.45, 2.75) is 78.6 Å². The van der Waals surface area contributed by atoms with Gasteiger partial charge in [-0.3, -0.25) is 9.36 Å². The topological polar surface area (TPSA) is 83.8 Å². The van der Waals surface area contributed by atoms with Crippen molar-refractivity contribution >= 4 is 22.5 Å². The molecule has 2 N–H and O–H groups in total. The van der Waals surface area contributed by atoms with Gasteiger partial charge in [0, 0.05) is 43.5 Å². The van der Waals surface area contributed by atoms with Gasteiger partial charge >= 0.3 is 0 Å². The molecule has 3 aromatic rings. The van der Waals surface area contributed by atoms with Crippen LogP contribution >= 0.6 is 0 Å². The van der Waals surface area contributed by atoms with E-state index in [0.717, 1.165) is 43.0 Å². The van der Waals surface area contributed by atoms with Gasteiger partial charge in [-0.2, -0.15) is 0 Å². The minimum Gasteiger partial charge on any atom is -0.497 e. The monoisotopic (exact) mass is 588 g/mol. The van der Waals surface area contributed by atoms with Crippen LogP contribution in [-0.2, 0) is 13.0 Å². The lowest BCUT2D eigenvalue weighted by Gasteiger charge is -2.61. The average Bonchev–Trinajstić information content (AvgIpc) is 2.97. The van der Waals surface area contributed by atoms with Gasteiger partial charge in [-0.25, -0.2) is 14.4 Å². The highest BCUT2D eigenvalue weighted by Gasteiger charge is 2.56. The van der Waals surface area contributed by atoms with Crippen LogP contribution in [-0.4, -0.2) is 58.7 Å². The molecule has 3 aliphatic carbocycles. The predicted octanol–water partition coefficient (Wildman–Crippen LogP) is 5.31. The number of fused-ring (bicyclic) bond motifs is 3. The standard InChI is InChI=1S/C34H45FN6O2/c1-20-17-41(18-21(2)37-20)33(39-30-14-24-13-28(22(30)3)34(24,4)5)38-25-8-10-27-31(15-25)36-19-40(32(27)42)12-11-23-7-9-26(43-6)16-29(23)35/h7-10,15-16,19-22,24,28,30,37H,11-14,17-18H2,1-6H3,(H,38,39)/t20-,21-,22+,24+,28-,30+/m1/s1. The summed E-state index contributed by atoms with van der Waals surface area (Å²) in [6.45, 7) is 13.7. The average molecular weight is 589 g/mol. The lowest BCUT2D eigenvalue weighted by Crippen LogP contribution is -2.59. The lowest BCUT2D eigenvalue weighted by molar-refractivity contribution is -0.108. The van der Waals surface area contributed by atoms with E-state index in [2.05, 4.69) is 55.1 Å². The van der Waals surface area contributed by atoms with Gasteiger partial charge in [0.05, 0.1) is 30.4 Å². The number of rotatable bonds is 6. The third kappa shape index (κ3) is 5.76. The summed E-state index contributed by atoms with van der Waals surface area (Å²) in [6, 6.07) is 11.5. The molecule has 0 spiro atoms. The number of benzene rings is 2. The molecule has 230 valence electrons. The molecular weight excluding hydrogens is 543 g/mol. The zero-order valence-corrected chi connectivity index (χ0v) is 26.2. The second-order valence-corrected chi connectivity index (χ2v) is 13.7. The first-order chi connectivity index (χ1) is 20.5. The Hall–Kier alpha value is -3.46. The van der Waals surface area contributed by atoms with E-state index in [1.807, 2.05) is 18.2 Å². The molecule has 0 amide bonds. The highest BCUT2D eigenvalue weighted by Crippen LogP contribution is 2.61. The maximum Gasteiger partial charge on any atom is 0.261 e. The Balaban J connectivity index is 1.23. The number of piperazine rings is 1. The molecule has 4 aliphatic rings. The minimum absolute atomic E-state index is 0.137. The van der Waals surface area contributed by atoms with Gasteiger partial charge in [0.25, 0.3) is 5.56 Å². The molecule has 1 aliphatic heterocycles. The molecule has 43 heavy (non-hydrogen) atoms. The Kier molecular flexibility index (Phi) is 7.96. The number of aryl methyl sites for hydroxylation is 2. The van der Waals surface area contributed by atoms with Gasteiger partial charge in [0.15, 0.2) is 5.96 Å². The molecule has 7 rings (SSSR count). The van der Waals surface area contributed by atoms with Crippen LogP contribution in [0.25, 0.3) is 10.9 Å². The first kappa shape index (κ1) is 29.6. The quantitative estimate of drug-likeness (QED) is 0.300. The Morgan fingerprint density at radius 1 is 1.14 bits per heavy atom.